The zero-order valence-corrected chi connectivity index (χ0v) is 38.6. The largest absolute Gasteiger partial charge is 0.444 e. The van der Waals surface area contributed by atoms with Crippen LogP contribution in [0.4, 0.5) is 9.59 Å². The number of carbonyl (C=O) groups is 6. The molecule has 0 aliphatic carbocycles. The molecule has 0 bridgehead atoms. The van der Waals surface area contributed by atoms with Gasteiger partial charge in [0, 0.05) is 82.4 Å². The summed E-state index contributed by atoms with van der Waals surface area (Å²) in [5.74, 6) is -2.66. The van der Waals surface area contributed by atoms with Gasteiger partial charge in [0.2, 0.25) is 0 Å². The molecule has 0 saturated heterocycles. The van der Waals surface area contributed by atoms with E-state index in [9.17, 15) is 28.8 Å². The lowest BCUT2D eigenvalue weighted by Gasteiger charge is -2.27. The standard InChI is InChI=1S/C44H58Br2N6O8/c1-43(2,3)59-41(57)51(23-13-19-47-39(55)37(53)33-27-49-35-25-29(45)15-17-31(33)35)21-11-9-7-8-10-12-22-52(42(58)60-44(4,5)6)24-14-20-48-40(56)38(54)34-28-50-36-26-30(46)16-18-32(34)36/h15-18,25-28,49-50H,7-14,19-24H2,1-6H3,(H,47,55)(H,48,56). The summed E-state index contributed by atoms with van der Waals surface area (Å²) < 4.78 is 13.0. The summed E-state index contributed by atoms with van der Waals surface area (Å²) in [5.41, 5.74) is 0.768. The summed E-state index contributed by atoms with van der Waals surface area (Å²) in [5, 5.41) is 6.71. The van der Waals surface area contributed by atoms with Gasteiger partial charge in [-0.15, -0.1) is 0 Å². The normalized spacial score (nSPS) is 11.7. The zero-order chi connectivity index (χ0) is 44.0. The molecule has 2 aromatic heterocycles. The molecule has 4 amide bonds. The van der Waals surface area contributed by atoms with Gasteiger partial charge in [-0.25, -0.2) is 9.59 Å². The molecule has 0 radical (unpaired) electrons. The molecule has 0 unspecified atom stereocenters. The first-order valence-electron chi connectivity index (χ1n) is 20.5. The van der Waals surface area contributed by atoms with E-state index >= 15 is 0 Å². The maximum absolute atomic E-state index is 13.0. The highest BCUT2D eigenvalue weighted by atomic mass is 79.9. The number of ketones is 2. The van der Waals surface area contributed by atoms with Crippen molar-refractivity contribution in [1.82, 2.24) is 30.4 Å². The number of benzene rings is 2. The molecule has 16 heteroatoms. The highest BCUT2D eigenvalue weighted by Crippen LogP contribution is 2.24. The number of carbonyl (C=O) groups excluding carboxylic acids is 6. The van der Waals surface area contributed by atoms with Gasteiger partial charge in [0.05, 0.1) is 11.1 Å². The smallest absolute Gasteiger partial charge is 0.410 e. The van der Waals surface area contributed by atoms with Crippen LogP contribution in [0, 0.1) is 0 Å². The molecule has 326 valence electrons. The first kappa shape index (κ1) is 48.0. The van der Waals surface area contributed by atoms with E-state index in [1.165, 1.54) is 12.4 Å². The molecule has 2 heterocycles. The number of aromatic nitrogens is 2. The number of amides is 4. The number of unbranched alkanes of at least 4 members (excludes halogenated alkanes) is 5. The quantitative estimate of drug-likeness (QED) is 0.0362. The molecule has 0 aliphatic rings. The zero-order valence-electron chi connectivity index (χ0n) is 35.4. The Labute approximate surface area is 368 Å². The second-order valence-corrected chi connectivity index (χ2v) is 18.5. The molecule has 0 atom stereocenters. The van der Waals surface area contributed by atoms with Crippen LogP contribution in [-0.4, -0.2) is 106 Å². The molecular weight excluding hydrogens is 900 g/mol. The van der Waals surface area contributed by atoms with Crippen molar-refractivity contribution < 1.29 is 38.2 Å². The second kappa shape index (κ2) is 22.2. The summed E-state index contributed by atoms with van der Waals surface area (Å²) in [6.07, 6.45) is 8.28. The fourth-order valence-corrected chi connectivity index (χ4v) is 7.20. The van der Waals surface area contributed by atoms with Crippen LogP contribution in [0.5, 0.6) is 0 Å². The number of ether oxygens (including phenoxy) is 2. The van der Waals surface area contributed by atoms with E-state index in [1.54, 1.807) is 21.9 Å². The Bertz CT molecular complexity index is 1980. The van der Waals surface area contributed by atoms with Crippen LogP contribution in [0.2, 0.25) is 0 Å². The topological polar surface area (TPSA) is 183 Å². The third-order valence-electron chi connectivity index (χ3n) is 9.38. The van der Waals surface area contributed by atoms with Crippen molar-refractivity contribution in [3.63, 3.8) is 0 Å². The van der Waals surface area contributed by atoms with Gasteiger partial charge in [-0.1, -0.05) is 69.7 Å². The molecule has 0 fully saturated rings. The van der Waals surface area contributed by atoms with E-state index in [1.807, 2.05) is 65.8 Å². The molecule has 4 rings (SSSR count). The molecule has 2 aromatic carbocycles. The van der Waals surface area contributed by atoms with Crippen molar-refractivity contribution in [2.24, 2.45) is 0 Å². The first-order valence-corrected chi connectivity index (χ1v) is 22.1. The third-order valence-corrected chi connectivity index (χ3v) is 10.4. The van der Waals surface area contributed by atoms with Crippen molar-refractivity contribution >= 4 is 89.2 Å². The number of aromatic amines is 2. The minimum Gasteiger partial charge on any atom is -0.444 e. The number of halogens is 2. The monoisotopic (exact) mass is 956 g/mol. The lowest BCUT2D eigenvalue weighted by Crippen LogP contribution is -2.39. The van der Waals surface area contributed by atoms with Crippen LogP contribution in [0.3, 0.4) is 0 Å². The Balaban J connectivity index is 1.16. The minimum atomic E-state index is -0.704. The van der Waals surface area contributed by atoms with E-state index in [0.29, 0.717) is 60.9 Å². The van der Waals surface area contributed by atoms with Crippen molar-refractivity contribution in [1.29, 1.82) is 0 Å². The molecular formula is C44H58Br2N6O8. The average molecular weight is 959 g/mol. The summed E-state index contributed by atoms with van der Waals surface area (Å²) in [6.45, 7) is 13.0. The number of rotatable bonds is 21. The summed E-state index contributed by atoms with van der Waals surface area (Å²) in [6, 6.07) is 10.9. The fourth-order valence-electron chi connectivity index (χ4n) is 6.48. The van der Waals surface area contributed by atoms with Gasteiger partial charge in [0.1, 0.15) is 11.2 Å². The maximum atomic E-state index is 13.0. The van der Waals surface area contributed by atoms with Crippen LogP contribution < -0.4 is 10.6 Å². The highest BCUT2D eigenvalue weighted by molar-refractivity contribution is 9.10. The molecule has 0 spiro atoms. The SMILES string of the molecule is CC(C)(C)OC(=O)N(CCCCCCCCN(CCCNC(=O)C(=O)c1c[nH]c2cc(Br)ccc12)C(=O)OC(C)(C)C)CCCNC(=O)C(=O)c1c[nH]c2cc(Br)ccc12. The lowest BCUT2D eigenvalue weighted by atomic mass is 10.1. The van der Waals surface area contributed by atoms with Gasteiger partial charge in [-0.05, 0) is 91.5 Å². The second-order valence-electron chi connectivity index (χ2n) is 16.7. The van der Waals surface area contributed by atoms with Crippen molar-refractivity contribution in [2.45, 2.75) is 104 Å². The van der Waals surface area contributed by atoms with Crippen LogP contribution in [0.15, 0.2) is 57.7 Å². The van der Waals surface area contributed by atoms with E-state index in [0.717, 1.165) is 58.5 Å². The highest BCUT2D eigenvalue weighted by Gasteiger charge is 2.25. The number of H-pyrrole nitrogens is 2. The van der Waals surface area contributed by atoms with Gasteiger partial charge in [-0.3, -0.25) is 19.2 Å². The number of fused-ring (bicyclic) bond motifs is 2. The van der Waals surface area contributed by atoms with E-state index in [4.69, 9.17) is 9.47 Å². The van der Waals surface area contributed by atoms with Crippen LogP contribution in [0.1, 0.15) is 114 Å². The van der Waals surface area contributed by atoms with Gasteiger partial charge in [0.25, 0.3) is 23.4 Å². The van der Waals surface area contributed by atoms with Crippen molar-refractivity contribution in [3.05, 3.63) is 68.9 Å². The Morgan fingerprint density at radius 3 is 1.27 bits per heavy atom. The van der Waals surface area contributed by atoms with Gasteiger partial charge in [-0.2, -0.15) is 0 Å². The van der Waals surface area contributed by atoms with Gasteiger partial charge < -0.3 is 39.9 Å². The molecule has 14 nitrogen and oxygen atoms in total. The minimum absolute atomic E-state index is 0.219. The number of hydrogen-bond donors (Lipinski definition) is 4. The number of nitrogens with one attached hydrogen (secondary N) is 4. The Morgan fingerprint density at radius 2 is 0.900 bits per heavy atom. The Morgan fingerprint density at radius 1 is 0.550 bits per heavy atom. The van der Waals surface area contributed by atoms with Crippen molar-refractivity contribution in [3.8, 4) is 0 Å². The van der Waals surface area contributed by atoms with Crippen LogP contribution >= 0.6 is 31.9 Å². The summed E-state index contributed by atoms with van der Waals surface area (Å²) >= 11 is 6.81. The molecule has 4 N–H and O–H groups in total. The first-order chi connectivity index (χ1) is 28.3. The van der Waals surface area contributed by atoms with Gasteiger partial charge >= 0.3 is 12.2 Å². The third kappa shape index (κ3) is 15.1. The molecule has 60 heavy (non-hydrogen) atoms. The molecule has 4 aromatic rings. The number of nitrogens with zero attached hydrogens (tertiary/aromatic N) is 2. The molecule has 0 saturated carbocycles. The predicted molar refractivity (Wildman–Crippen MR) is 239 cm³/mol. The number of hydrogen-bond acceptors (Lipinski definition) is 8. The summed E-state index contributed by atoms with van der Waals surface area (Å²) in [7, 11) is 0. The molecule has 0 aliphatic heterocycles. The van der Waals surface area contributed by atoms with Crippen LogP contribution in [0.25, 0.3) is 21.8 Å². The predicted octanol–water partition coefficient (Wildman–Crippen LogP) is 9.07. The van der Waals surface area contributed by atoms with E-state index < -0.39 is 46.8 Å². The van der Waals surface area contributed by atoms with E-state index in [-0.39, 0.29) is 13.1 Å². The lowest BCUT2D eigenvalue weighted by molar-refractivity contribution is -0.117. The van der Waals surface area contributed by atoms with E-state index in [2.05, 4.69) is 52.5 Å². The van der Waals surface area contributed by atoms with Gasteiger partial charge in [0.15, 0.2) is 0 Å². The van der Waals surface area contributed by atoms with Crippen molar-refractivity contribution in [2.75, 3.05) is 39.3 Å². The fraction of sp³-hybridized carbons (Fsp3) is 0.500. The summed E-state index contributed by atoms with van der Waals surface area (Å²) in [4.78, 5) is 86.5. The van der Waals surface area contributed by atoms with Crippen LogP contribution in [-0.2, 0) is 19.1 Å². The Kier molecular flexibility index (Phi) is 17.8. The Hall–Kier alpha value is -4.70. The average Bonchev–Trinajstić information content (AvgIpc) is 3.78. The maximum Gasteiger partial charge on any atom is 0.410 e. The number of Topliss-reactive ketones (excluding diaryl/α,β-unsaturated/α-hetero) is 2.